The fourth-order valence-electron chi connectivity index (χ4n) is 2.93. The van der Waals surface area contributed by atoms with E-state index in [-0.39, 0.29) is 22.4 Å². The third kappa shape index (κ3) is 3.17. The van der Waals surface area contributed by atoms with Crippen molar-refractivity contribution in [2.24, 2.45) is 5.73 Å². The maximum absolute atomic E-state index is 14.4. The van der Waals surface area contributed by atoms with Gasteiger partial charge in [-0.25, -0.2) is 14.1 Å². The van der Waals surface area contributed by atoms with Gasteiger partial charge in [0.2, 0.25) is 0 Å². The van der Waals surface area contributed by atoms with Crippen molar-refractivity contribution < 1.29 is 13.9 Å². The Balaban J connectivity index is 2.03. The maximum atomic E-state index is 14.4. The summed E-state index contributed by atoms with van der Waals surface area (Å²) < 4.78 is 22.4. The van der Waals surface area contributed by atoms with E-state index < -0.39 is 17.3 Å². The number of nitrogens with two attached hydrogens (primary N) is 1. The number of benzene rings is 2. The lowest BCUT2D eigenvalue weighted by molar-refractivity contribution is 0.0996. The summed E-state index contributed by atoms with van der Waals surface area (Å²) >= 11 is 3.18. The first-order valence-corrected chi connectivity index (χ1v) is 9.10. The molecule has 2 aromatic carbocycles. The van der Waals surface area contributed by atoms with E-state index in [2.05, 4.69) is 26.0 Å². The molecule has 2 N–H and O–H groups in total. The third-order valence-corrected chi connectivity index (χ3v) is 4.80. The Morgan fingerprint density at radius 2 is 1.93 bits per heavy atom. The van der Waals surface area contributed by atoms with Gasteiger partial charge in [0.15, 0.2) is 11.2 Å². The van der Waals surface area contributed by atoms with E-state index in [9.17, 15) is 14.0 Å². The number of rotatable bonds is 4. The number of carbonyl (C=O) groups is 1. The average Bonchev–Trinajstić information content (AvgIpc) is 3.10. The van der Waals surface area contributed by atoms with Crippen molar-refractivity contribution >= 4 is 32.9 Å². The molecule has 4 aromatic rings. The predicted molar refractivity (Wildman–Crippen MR) is 107 cm³/mol. The van der Waals surface area contributed by atoms with Crippen LogP contribution in [0.5, 0.6) is 5.75 Å². The zero-order valence-electron chi connectivity index (χ0n) is 15.0. The van der Waals surface area contributed by atoms with Crippen LogP contribution in [-0.2, 0) is 0 Å². The lowest BCUT2D eigenvalue weighted by atomic mass is 10.2. The minimum absolute atomic E-state index is 0.00575. The second kappa shape index (κ2) is 7.13. The number of methoxy groups -OCH3 is 1. The van der Waals surface area contributed by atoms with E-state index in [1.807, 2.05) is 0 Å². The second-order valence-corrected chi connectivity index (χ2v) is 6.95. The van der Waals surface area contributed by atoms with E-state index >= 15 is 0 Å². The number of halogens is 2. The highest BCUT2D eigenvalue weighted by molar-refractivity contribution is 9.10. The normalized spacial score (nSPS) is 11.0. The summed E-state index contributed by atoms with van der Waals surface area (Å²) in [6, 6.07) is 11.0. The first-order chi connectivity index (χ1) is 13.9. The quantitative estimate of drug-likeness (QED) is 0.506. The molecule has 8 nitrogen and oxygen atoms in total. The van der Waals surface area contributed by atoms with Crippen molar-refractivity contribution in [1.29, 1.82) is 0 Å². The van der Waals surface area contributed by atoms with Gasteiger partial charge in [0.25, 0.3) is 11.5 Å². The van der Waals surface area contributed by atoms with Gasteiger partial charge in [-0.2, -0.15) is 5.10 Å². The van der Waals surface area contributed by atoms with E-state index in [0.717, 1.165) is 10.9 Å². The number of nitrogens with zero attached hydrogens (tertiary/aromatic N) is 4. The number of fused-ring (bicyclic) bond motifs is 1. The van der Waals surface area contributed by atoms with Crippen LogP contribution < -0.4 is 16.0 Å². The highest BCUT2D eigenvalue weighted by Gasteiger charge is 2.22. The van der Waals surface area contributed by atoms with Gasteiger partial charge in [0.1, 0.15) is 23.4 Å². The Morgan fingerprint density at radius 1 is 1.21 bits per heavy atom. The topological polar surface area (TPSA) is 105 Å². The molecule has 0 aliphatic carbocycles. The lowest BCUT2D eigenvalue weighted by Crippen LogP contribution is -2.22. The van der Waals surface area contributed by atoms with Gasteiger partial charge >= 0.3 is 0 Å². The number of amides is 1. The number of carbonyl (C=O) groups excluding carboxylic acids is 1. The molecule has 4 rings (SSSR count). The SMILES string of the molecule is COc1ccc(-n2nc(C(N)=O)c3ncn(-c4ccc(Br)cc4F)c(=O)c32)cc1. The van der Waals surface area contributed by atoms with Crippen LogP contribution in [0.25, 0.3) is 22.4 Å². The molecule has 29 heavy (non-hydrogen) atoms. The van der Waals surface area contributed by atoms with Gasteiger partial charge in [-0.3, -0.25) is 14.2 Å². The minimum atomic E-state index is -0.832. The summed E-state index contributed by atoms with van der Waals surface area (Å²) in [4.78, 5) is 29.2. The first-order valence-electron chi connectivity index (χ1n) is 8.30. The lowest BCUT2D eigenvalue weighted by Gasteiger charge is -2.08. The standard InChI is InChI=1S/C19H13BrFN5O3/c1-29-12-5-3-11(4-6-12)26-17-15(16(24-26)18(22)27)23-9-25(19(17)28)14-7-2-10(20)8-13(14)21/h2-9H,1H3,(H2,22,27). The van der Waals surface area contributed by atoms with Crippen molar-refractivity contribution in [3.63, 3.8) is 0 Å². The Bertz CT molecular complexity index is 1310. The number of hydrogen-bond acceptors (Lipinski definition) is 5. The molecule has 0 fully saturated rings. The molecule has 2 aromatic heterocycles. The van der Waals surface area contributed by atoms with Crippen molar-refractivity contribution in [3.8, 4) is 17.1 Å². The Hall–Kier alpha value is -3.53. The first kappa shape index (κ1) is 18.8. The second-order valence-electron chi connectivity index (χ2n) is 6.04. The van der Waals surface area contributed by atoms with Crippen molar-refractivity contribution in [3.05, 3.63) is 75.1 Å². The van der Waals surface area contributed by atoms with E-state index in [0.29, 0.717) is 15.9 Å². The van der Waals surface area contributed by atoms with Gasteiger partial charge in [-0.15, -0.1) is 0 Å². The Kier molecular flexibility index (Phi) is 4.63. The maximum Gasteiger partial charge on any atom is 0.284 e. The van der Waals surface area contributed by atoms with Crippen molar-refractivity contribution in [2.45, 2.75) is 0 Å². The summed E-state index contributed by atoms with van der Waals surface area (Å²) in [5.41, 5.74) is 5.17. The molecule has 10 heteroatoms. The van der Waals surface area contributed by atoms with Crippen LogP contribution in [0.15, 0.2) is 58.1 Å². The largest absolute Gasteiger partial charge is 0.497 e. The summed E-state index contributed by atoms with van der Waals surface area (Å²) in [5, 5.41) is 4.17. The van der Waals surface area contributed by atoms with Gasteiger partial charge < -0.3 is 10.5 Å². The minimum Gasteiger partial charge on any atom is -0.497 e. The molecule has 1 amide bonds. The summed E-state index contributed by atoms with van der Waals surface area (Å²) in [6.07, 6.45) is 1.14. The van der Waals surface area contributed by atoms with Crippen molar-refractivity contribution in [2.75, 3.05) is 7.11 Å². The summed E-state index contributed by atoms with van der Waals surface area (Å²) in [6.45, 7) is 0. The zero-order chi connectivity index (χ0) is 20.7. The number of ether oxygens (including phenoxy) is 1. The van der Waals surface area contributed by atoms with E-state index in [4.69, 9.17) is 10.5 Å². The van der Waals surface area contributed by atoms with Gasteiger partial charge in [0.05, 0.1) is 18.5 Å². The van der Waals surface area contributed by atoms with Gasteiger partial charge in [0, 0.05) is 4.47 Å². The molecule has 0 saturated carbocycles. The highest BCUT2D eigenvalue weighted by atomic mass is 79.9. The third-order valence-electron chi connectivity index (χ3n) is 4.30. The smallest absolute Gasteiger partial charge is 0.284 e. The molecule has 2 heterocycles. The highest BCUT2D eigenvalue weighted by Crippen LogP contribution is 2.22. The van der Waals surface area contributed by atoms with Gasteiger partial charge in [-0.1, -0.05) is 15.9 Å². The molecule has 0 atom stereocenters. The number of primary amides is 1. The fraction of sp³-hybridized carbons (Fsp3) is 0.0526. The van der Waals surface area contributed by atoms with Crippen LogP contribution in [0.2, 0.25) is 0 Å². The monoisotopic (exact) mass is 457 g/mol. The molecule has 146 valence electrons. The summed E-state index contributed by atoms with van der Waals surface area (Å²) in [5.74, 6) is -0.845. The summed E-state index contributed by atoms with van der Waals surface area (Å²) in [7, 11) is 1.53. The molecule has 0 bridgehead atoms. The fourth-order valence-corrected chi connectivity index (χ4v) is 3.26. The van der Waals surface area contributed by atoms with Crippen LogP contribution in [-0.4, -0.2) is 32.3 Å². The molecule has 0 unspecified atom stereocenters. The molecule has 0 aliphatic rings. The predicted octanol–water partition coefficient (Wildman–Crippen LogP) is 2.58. The molecular formula is C19H13BrFN5O3. The van der Waals surface area contributed by atoms with Crippen LogP contribution in [0.1, 0.15) is 10.5 Å². The molecule has 0 saturated heterocycles. The van der Waals surface area contributed by atoms with E-state index in [1.54, 1.807) is 30.3 Å². The molecule has 0 aliphatic heterocycles. The number of hydrogen-bond donors (Lipinski definition) is 1. The van der Waals surface area contributed by atoms with Crippen LogP contribution in [0.3, 0.4) is 0 Å². The zero-order valence-corrected chi connectivity index (χ0v) is 16.6. The van der Waals surface area contributed by atoms with Crippen LogP contribution in [0, 0.1) is 5.82 Å². The van der Waals surface area contributed by atoms with Crippen LogP contribution >= 0.6 is 15.9 Å². The Labute approximate surface area is 171 Å². The number of aromatic nitrogens is 4. The van der Waals surface area contributed by atoms with Gasteiger partial charge in [-0.05, 0) is 42.5 Å². The molecule has 0 spiro atoms. The molecular weight excluding hydrogens is 445 g/mol. The van der Waals surface area contributed by atoms with Crippen LogP contribution in [0.4, 0.5) is 4.39 Å². The average molecular weight is 458 g/mol. The molecule has 0 radical (unpaired) electrons. The van der Waals surface area contributed by atoms with E-state index in [1.165, 1.54) is 23.9 Å². The van der Waals surface area contributed by atoms with Crippen molar-refractivity contribution in [1.82, 2.24) is 19.3 Å². The Morgan fingerprint density at radius 3 is 2.55 bits per heavy atom.